The van der Waals surface area contributed by atoms with E-state index in [-0.39, 0.29) is 12.3 Å². The Hall–Kier alpha value is -3.19. The summed E-state index contributed by atoms with van der Waals surface area (Å²) >= 11 is 1.57. The average Bonchev–Trinajstić information content (AvgIpc) is 3.48. The highest BCUT2D eigenvalue weighted by atomic mass is 32.1. The number of aryl methyl sites for hydroxylation is 3. The molecule has 0 aliphatic carbocycles. The molecule has 0 saturated carbocycles. The van der Waals surface area contributed by atoms with E-state index in [1.807, 2.05) is 66.4 Å². The molecular weight excluding hydrogens is 396 g/mol. The van der Waals surface area contributed by atoms with Crippen LogP contribution in [0.15, 0.2) is 58.5 Å². The molecule has 4 aromatic rings. The second kappa shape index (κ2) is 9.09. The van der Waals surface area contributed by atoms with Crippen LogP contribution in [0.2, 0.25) is 0 Å². The van der Waals surface area contributed by atoms with E-state index in [0.717, 1.165) is 29.1 Å². The fraction of sp³-hybridized carbons (Fsp3) is 0.261. The van der Waals surface area contributed by atoms with Crippen molar-refractivity contribution in [1.82, 2.24) is 20.1 Å². The highest BCUT2D eigenvalue weighted by molar-refractivity contribution is 7.13. The van der Waals surface area contributed by atoms with Crippen LogP contribution in [-0.4, -0.2) is 27.2 Å². The van der Waals surface area contributed by atoms with Gasteiger partial charge >= 0.3 is 0 Å². The zero-order chi connectivity index (χ0) is 20.9. The molecule has 0 unspecified atom stereocenters. The molecule has 3 aromatic heterocycles. The quantitative estimate of drug-likeness (QED) is 0.426. The molecule has 1 amide bonds. The minimum absolute atomic E-state index is 0.0409. The molecule has 0 fully saturated rings. The highest BCUT2D eigenvalue weighted by Gasteiger charge is 2.15. The Morgan fingerprint density at radius 2 is 2.00 bits per heavy atom. The first-order valence-electron chi connectivity index (χ1n) is 9.97. The third-order valence-corrected chi connectivity index (χ3v) is 5.78. The number of thiophene rings is 1. The van der Waals surface area contributed by atoms with E-state index >= 15 is 0 Å². The van der Waals surface area contributed by atoms with Crippen molar-refractivity contribution in [3.05, 3.63) is 76.8 Å². The average molecular weight is 421 g/mol. The maximum Gasteiger partial charge on any atom is 0.236 e. The van der Waals surface area contributed by atoms with Crippen molar-refractivity contribution < 1.29 is 9.21 Å². The molecule has 0 aliphatic heterocycles. The smallest absolute Gasteiger partial charge is 0.236 e. The van der Waals surface area contributed by atoms with Gasteiger partial charge in [0.2, 0.25) is 11.8 Å². The van der Waals surface area contributed by atoms with Crippen LogP contribution >= 0.6 is 11.3 Å². The van der Waals surface area contributed by atoms with Crippen LogP contribution in [0.1, 0.15) is 29.1 Å². The van der Waals surface area contributed by atoms with Crippen LogP contribution in [0, 0.1) is 13.8 Å². The second-order valence-electron chi connectivity index (χ2n) is 7.15. The SMILES string of the molecule is Cc1nn(-c2ccccc2)cc1CCCNC(=O)Cc1nc(-c2cccs2)oc1C. The third kappa shape index (κ3) is 4.68. The Kier molecular flexibility index (Phi) is 6.09. The van der Waals surface area contributed by atoms with Crippen LogP contribution in [0.5, 0.6) is 0 Å². The van der Waals surface area contributed by atoms with Gasteiger partial charge in [0.05, 0.1) is 28.4 Å². The van der Waals surface area contributed by atoms with Gasteiger partial charge in [-0.25, -0.2) is 9.67 Å². The number of aromatic nitrogens is 3. The molecule has 6 nitrogen and oxygen atoms in total. The molecule has 0 bridgehead atoms. The van der Waals surface area contributed by atoms with Gasteiger partial charge in [-0.15, -0.1) is 11.3 Å². The number of hydrogen-bond donors (Lipinski definition) is 1. The summed E-state index contributed by atoms with van der Waals surface area (Å²) in [5.41, 5.74) is 3.95. The minimum atomic E-state index is -0.0409. The summed E-state index contributed by atoms with van der Waals surface area (Å²) in [5.74, 6) is 1.23. The summed E-state index contributed by atoms with van der Waals surface area (Å²) < 4.78 is 7.61. The Morgan fingerprint density at radius 1 is 1.17 bits per heavy atom. The third-order valence-electron chi connectivity index (χ3n) is 4.92. The summed E-state index contributed by atoms with van der Waals surface area (Å²) in [6.45, 7) is 4.48. The lowest BCUT2D eigenvalue weighted by molar-refractivity contribution is -0.120. The Balaban J connectivity index is 1.26. The number of oxazole rings is 1. The van der Waals surface area contributed by atoms with E-state index in [2.05, 4.69) is 21.6 Å². The number of para-hydroxylation sites is 1. The molecular formula is C23H24N4O2S. The highest BCUT2D eigenvalue weighted by Crippen LogP contribution is 2.26. The van der Waals surface area contributed by atoms with Crippen LogP contribution < -0.4 is 5.32 Å². The Labute approximate surface area is 179 Å². The van der Waals surface area contributed by atoms with Gasteiger partial charge < -0.3 is 9.73 Å². The lowest BCUT2D eigenvalue weighted by Crippen LogP contribution is -2.26. The molecule has 154 valence electrons. The van der Waals surface area contributed by atoms with Crippen LogP contribution in [0.3, 0.4) is 0 Å². The van der Waals surface area contributed by atoms with E-state index in [0.29, 0.717) is 23.9 Å². The maximum atomic E-state index is 12.3. The van der Waals surface area contributed by atoms with Crippen molar-refractivity contribution in [2.75, 3.05) is 6.54 Å². The standard InChI is InChI=1S/C23H24N4O2S/c1-16-18(15-27(26-16)19-9-4-3-5-10-19)8-6-12-24-22(28)14-20-17(2)29-23(25-20)21-11-7-13-30-21/h3-5,7,9-11,13,15H,6,8,12,14H2,1-2H3,(H,24,28). The monoisotopic (exact) mass is 420 g/mol. The number of nitrogens with one attached hydrogen (secondary N) is 1. The molecule has 7 heteroatoms. The van der Waals surface area contributed by atoms with Crippen molar-refractivity contribution in [2.45, 2.75) is 33.1 Å². The lowest BCUT2D eigenvalue weighted by Gasteiger charge is -2.04. The van der Waals surface area contributed by atoms with Gasteiger partial charge in [0, 0.05) is 12.7 Å². The zero-order valence-electron chi connectivity index (χ0n) is 17.1. The van der Waals surface area contributed by atoms with E-state index in [1.54, 1.807) is 11.3 Å². The molecule has 1 N–H and O–H groups in total. The predicted octanol–water partition coefficient (Wildman–Crippen LogP) is 4.50. The number of rotatable bonds is 8. The number of hydrogen-bond acceptors (Lipinski definition) is 5. The van der Waals surface area contributed by atoms with E-state index in [9.17, 15) is 4.79 Å². The fourth-order valence-electron chi connectivity index (χ4n) is 3.27. The lowest BCUT2D eigenvalue weighted by atomic mass is 10.1. The molecule has 3 heterocycles. The van der Waals surface area contributed by atoms with E-state index in [1.165, 1.54) is 5.56 Å². The number of nitrogens with zero attached hydrogens (tertiary/aromatic N) is 3. The second-order valence-corrected chi connectivity index (χ2v) is 8.10. The van der Waals surface area contributed by atoms with Gasteiger partial charge in [-0.1, -0.05) is 24.3 Å². The first kappa shape index (κ1) is 20.1. The minimum Gasteiger partial charge on any atom is -0.440 e. The van der Waals surface area contributed by atoms with Crippen molar-refractivity contribution in [3.8, 4) is 16.5 Å². The first-order chi connectivity index (χ1) is 14.6. The van der Waals surface area contributed by atoms with Gasteiger partial charge in [0.25, 0.3) is 0 Å². The molecule has 0 saturated heterocycles. The van der Waals surface area contributed by atoms with E-state index < -0.39 is 0 Å². The predicted molar refractivity (Wildman–Crippen MR) is 118 cm³/mol. The summed E-state index contributed by atoms with van der Waals surface area (Å²) in [5, 5.41) is 9.56. The van der Waals surface area contributed by atoms with Crippen LogP contribution in [0.4, 0.5) is 0 Å². The number of carbonyl (C=O) groups is 1. The summed E-state index contributed by atoms with van der Waals surface area (Å²) in [6.07, 6.45) is 4.01. The first-order valence-corrected chi connectivity index (χ1v) is 10.9. The van der Waals surface area contributed by atoms with Gasteiger partial charge in [-0.05, 0) is 55.8 Å². The summed E-state index contributed by atoms with van der Waals surface area (Å²) in [7, 11) is 0. The van der Waals surface area contributed by atoms with Gasteiger partial charge in [-0.2, -0.15) is 5.10 Å². The number of amides is 1. The van der Waals surface area contributed by atoms with Crippen LogP contribution in [-0.2, 0) is 17.6 Å². The topological polar surface area (TPSA) is 73.0 Å². The van der Waals surface area contributed by atoms with Crippen LogP contribution in [0.25, 0.3) is 16.5 Å². The van der Waals surface area contributed by atoms with Crippen molar-refractivity contribution in [2.24, 2.45) is 0 Å². The number of benzene rings is 1. The fourth-order valence-corrected chi connectivity index (χ4v) is 3.92. The molecule has 0 atom stereocenters. The molecule has 0 radical (unpaired) electrons. The van der Waals surface area contributed by atoms with Crippen molar-refractivity contribution >= 4 is 17.2 Å². The normalized spacial score (nSPS) is 11.0. The van der Waals surface area contributed by atoms with Crippen molar-refractivity contribution in [3.63, 3.8) is 0 Å². The van der Waals surface area contributed by atoms with Gasteiger partial charge in [0.15, 0.2) is 0 Å². The molecule has 30 heavy (non-hydrogen) atoms. The molecule has 0 spiro atoms. The summed E-state index contributed by atoms with van der Waals surface area (Å²) in [6, 6.07) is 14.0. The van der Waals surface area contributed by atoms with Gasteiger partial charge in [-0.3, -0.25) is 4.79 Å². The Morgan fingerprint density at radius 3 is 2.77 bits per heavy atom. The molecule has 4 rings (SSSR count). The largest absolute Gasteiger partial charge is 0.440 e. The number of carbonyl (C=O) groups excluding carboxylic acids is 1. The summed E-state index contributed by atoms with van der Waals surface area (Å²) in [4.78, 5) is 17.8. The van der Waals surface area contributed by atoms with E-state index in [4.69, 9.17) is 4.42 Å². The molecule has 1 aromatic carbocycles. The van der Waals surface area contributed by atoms with Crippen molar-refractivity contribution in [1.29, 1.82) is 0 Å². The maximum absolute atomic E-state index is 12.3. The molecule has 0 aliphatic rings. The zero-order valence-corrected chi connectivity index (χ0v) is 17.9. The van der Waals surface area contributed by atoms with Gasteiger partial charge in [0.1, 0.15) is 5.76 Å². The Bertz CT molecular complexity index is 1110.